The normalized spacial score (nSPS) is 10.9. The third-order valence-electron chi connectivity index (χ3n) is 1.87. The maximum Gasteiger partial charge on any atom is 0.128 e. The first-order valence-corrected chi connectivity index (χ1v) is 5.27. The van der Waals surface area contributed by atoms with Gasteiger partial charge in [0.25, 0.3) is 0 Å². The van der Waals surface area contributed by atoms with Crippen molar-refractivity contribution in [2.45, 2.75) is 13.8 Å². The molecule has 0 unspecified atom stereocenters. The maximum absolute atomic E-state index is 4.26. The van der Waals surface area contributed by atoms with Crippen LogP contribution in [0, 0.1) is 13.8 Å². The summed E-state index contributed by atoms with van der Waals surface area (Å²) in [5.74, 6) is 0. The molecule has 0 N–H and O–H groups in total. The molecule has 1 nitrogen and oxygen atoms in total. The number of halogens is 1. The van der Waals surface area contributed by atoms with E-state index >= 15 is 0 Å². The smallest absolute Gasteiger partial charge is 0.128 e. The van der Waals surface area contributed by atoms with Crippen LogP contribution in [0.2, 0.25) is 0 Å². The van der Waals surface area contributed by atoms with Crippen LogP contribution in [0.5, 0.6) is 0 Å². The number of aryl methyl sites for hydroxylation is 2. The van der Waals surface area contributed by atoms with Crippen LogP contribution in [-0.4, -0.2) is 4.37 Å². The summed E-state index contributed by atoms with van der Waals surface area (Å²) < 4.78 is 6.49. The number of aromatic nitrogens is 1. The van der Waals surface area contributed by atoms with Gasteiger partial charge < -0.3 is 0 Å². The minimum absolute atomic E-state index is 0.972. The van der Waals surface area contributed by atoms with E-state index in [0.717, 1.165) is 4.60 Å². The van der Waals surface area contributed by atoms with Crippen LogP contribution in [0.15, 0.2) is 16.7 Å². The zero-order valence-electron chi connectivity index (χ0n) is 6.89. The summed E-state index contributed by atoms with van der Waals surface area (Å²) in [5.41, 5.74) is 2.60. The molecule has 0 aliphatic carbocycles. The fraction of sp³-hybridized carbons (Fsp3) is 0.222. The van der Waals surface area contributed by atoms with Gasteiger partial charge in [0.15, 0.2) is 0 Å². The zero-order valence-corrected chi connectivity index (χ0v) is 9.29. The predicted molar refractivity (Wildman–Crippen MR) is 56.8 cm³/mol. The van der Waals surface area contributed by atoms with E-state index in [9.17, 15) is 0 Å². The number of benzene rings is 1. The summed E-state index contributed by atoms with van der Waals surface area (Å²) in [6.07, 6.45) is 0. The van der Waals surface area contributed by atoms with Gasteiger partial charge in [-0.25, -0.2) is 0 Å². The van der Waals surface area contributed by atoms with E-state index in [2.05, 4.69) is 46.3 Å². The highest BCUT2D eigenvalue weighted by atomic mass is 79.9. The SMILES string of the molecule is Cc1cc(C)c2c(Br)nsc2c1. The number of hydrogen-bond acceptors (Lipinski definition) is 2. The molecule has 2 rings (SSSR count). The molecule has 1 heterocycles. The average Bonchev–Trinajstić information content (AvgIpc) is 2.31. The van der Waals surface area contributed by atoms with Crippen molar-refractivity contribution < 1.29 is 0 Å². The van der Waals surface area contributed by atoms with Crippen LogP contribution in [-0.2, 0) is 0 Å². The summed E-state index contributed by atoms with van der Waals surface area (Å²) >= 11 is 4.99. The van der Waals surface area contributed by atoms with E-state index in [-0.39, 0.29) is 0 Å². The van der Waals surface area contributed by atoms with E-state index in [0.29, 0.717) is 0 Å². The molecule has 62 valence electrons. The molecule has 0 amide bonds. The minimum atomic E-state index is 0.972. The Morgan fingerprint density at radius 1 is 1.33 bits per heavy atom. The Labute approximate surface area is 83.7 Å². The van der Waals surface area contributed by atoms with Crippen LogP contribution in [0.4, 0.5) is 0 Å². The van der Waals surface area contributed by atoms with Crippen molar-refractivity contribution in [1.29, 1.82) is 0 Å². The van der Waals surface area contributed by atoms with Crippen molar-refractivity contribution in [2.75, 3.05) is 0 Å². The van der Waals surface area contributed by atoms with Gasteiger partial charge in [-0.05, 0) is 58.5 Å². The standard InChI is InChI=1S/C9H8BrNS/c1-5-3-6(2)8-7(4-5)12-11-9(8)10/h3-4H,1-2H3. The van der Waals surface area contributed by atoms with Gasteiger partial charge in [0.2, 0.25) is 0 Å². The molecular weight excluding hydrogens is 234 g/mol. The number of nitrogens with zero attached hydrogens (tertiary/aromatic N) is 1. The molecule has 0 atom stereocenters. The lowest BCUT2D eigenvalue weighted by Crippen LogP contribution is -1.77. The zero-order chi connectivity index (χ0) is 8.72. The number of rotatable bonds is 0. The summed E-state index contributed by atoms with van der Waals surface area (Å²) in [5, 5.41) is 1.26. The lowest BCUT2D eigenvalue weighted by Gasteiger charge is -1.97. The van der Waals surface area contributed by atoms with Crippen molar-refractivity contribution in [3.63, 3.8) is 0 Å². The predicted octanol–water partition coefficient (Wildman–Crippen LogP) is 3.68. The Balaban J connectivity index is 2.93. The molecule has 0 saturated heterocycles. The first kappa shape index (κ1) is 8.20. The van der Waals surface area contributed by atoms with Crippen molar-refractivity contribution in [2.24, 2.45) is 0 Å². The van der Waals surface area contributed by atoms with E-state index in [1.54, 1.807) is 11.5 Å². The molecule has 0 aliphatic rings. The molecule has 1 aromatic carbocycles. The Morgan fingerprint density at radius 3 is 2.83 bits per heavy atom. The van der Waals surface area contributed by atoms with Crippen LogP contribution in [0.25, 0.3) is 10.1 Å². The number of hydrogen-bond donors (Lipinski definition) is 0. The highest BCUT2D eigenvalue weighted by Gasteiger charge is 2.05. The van der Waals surface area contributed by atoms with E-state index in [4.69, 9.17) is 0 Å². The Hall–Kier alpha value is -0.410. The van der Waals surface area contributed by atoms with Gasteiger partial charge in [-0.3, -0.25) is 0 Å². The molecule has 0 radical (unpaired) electrons. The molecule has 12 heavy (non-hydrogen) atoms. The van der Waals surface area contributed by atoms with Gasteiger partial charge in [0.1, 0.15) is 4.60 Å². The molecule has 1 aromatic heterocycles. The molecule has 0 spiro atoms. The van der Waals surface area contributed by atoms with E-state index in [1.807, 2.05) is 0 Å². The van der Waals surface area contributed by atoms with Crippen LogP contribution in [0.1, 0.15) is 11.1 Å². The molecule has 0 bridgehead atoms. The van der Waals surface area contributed by atoms with Crippen LogP contribution < -0.4 is 0 Å². The largest absolute Gasteiger partial charge is 0.184 e. The lowest BCUT2D eigenvalue weighted by molar-refractivity contribution is 1.42. The highest BCUT2D eigenvalue weighted by Crippen LogP contribution is 2.30. The Kier molecular flexibility index (Phi) is 1.93. The summed E-state index contributed by atoms with van der Waals surface area (Å²) in [6, 6.07) is 4.35. The van der Waals surface area contributed by atoms with Gasteiger partial charge in [0, 0.05) is 5.39 Å². The van der Waals surface area contributed by atoms with Gasteiger partial charge in [-0.2, -0.15) is 4.37 Å². The Morgan fingerprint density at radius 2 is 2.08 bits per heavy atom. The summed E-state index contributed by atoms with van der Waals surface area (Å²) in [4.78, 5) is 0. The first-order chi connectivity index (χ1) is 5.68. The summed E-state index contributed by atoms with van der Waals surface area (Å²) in [6.45, 7) is 4.23. The topological polar surface area (TPSA) is 12.9 Å². The van der Waals surface area contributed by atoms with Gasteiger partial charge in [-0.15, -0.1) is 0 Å². The second-order valence-electron chi connectivity index (χ2n) is 2.93. The van der Waals surface area contributed by atoms with Crippen molar-refractivity contribution in [3.05, 3.63) is 27.9 Å². The highest BCUT2D eigenvalue weighted by molar-refractivity contribution is 9.10. The van der Waals surface area contributed by atoms with Crippen molar-refractivity contribution in [1.82, 2.24) is 4.37 Å². The summed E-state index contributed by atoms with van der Waals surface area (Å²) in [7, 11) is 0. The Bertz CT molecular complexity index is 433. The fourth-order valence-corrected chi connectivity index (χ4v) is 3.13. The molecular formula is C9H8BrNS. The number of fused-ring (bicyclic) bond motifs is 1. The van der Waals surface area contributed by atoms with Gasteiger partial charge in [-0.1, -0.05) is 6.07 Å². The quantitative estimate of drug-likeness (QED) is 0.686. The fourth-order valence-electron chi connectivity index (χ4n) is 1.40. The molecule has 2 aromatic rings. The van der Waals surface area contributed by atoms with Gasteiger partial charge in [0.05, 0.1) is 4.70 Å². The first-order valence-electron chi connectivity index (χ1n) is 3.70. The lowest BCUT2D eigenvalue weighted by atomic mass is 10.1. The molecule has 0 aliphatic heterocycles. The third kappa shape index (κ3) is 1.17. The van der Waals surface area contributed by atoms with Crippen LogP contribution in [0.3, 0.4) is 0 Å². The average molecular weight is 242 g/mol. The van der Waals surface area contributed by atoms with Crippen LogP contribution >= 0.6 is 27.5 Å². The van der Waals surface area contributed by atoms with Crippen molar-refractivity contribution >= 4 is 37.5 Å². The maximum atomic E-state index is 4.26. The molecule has 3 heteroatoms. The second kappa shape index (κ2) is 2.82. The minimum Gasteiger partial charge on any atom is -0.184 e. The van der Waals surface area contributed by atoms with Crippen molar-refractivity contribution in [3.8, 4) is 0 Å². The molecule has 0 fully saturated rings. The van der Waals surface area contributed by atoms with E-state index in [1.165, 1.54) is 21.2 Å². The second-order valence-corrected chi connectivity index (χ2v) is 4.48. The third-order valence-corrected chi connectivity index (χ3v) is 3.48. The molecule has 0 saturated carbocycles. The monoisotopic (exact) mass is 241 g/mol. The van der Waals surface area contributed by atoms with Gasteiger partial charge >= 0.3 is 0 Å². The van der Waals surface area contributed by atoms with E-state index < -0.39 is 0 Å².